The average Bonchev–Trinajstić information content (AvgIpc) is 3.03. The Morgan fingerprint density at radius 1 is 0.872 bits per heavy atom. The number of allylic oxidation sites excluding steroid dienone is 1. The fraction of sp³-hybridized carbons (Fsp3) is 0.375. The van der Waals surface area contributed by atoms with E-state index in [9.17, 15) is 9.59 Å². The number of fused-ring (bicyclic) bond motifs is 2. The highest BCUT2D eigenvalue weighted by molar-refractivity contribution is 6.08. The maximum atomic E-state index is 14.3. The third kappa shape index (κ3) is 6.62. The van der Waals surface area contributed by atoms with Crippen molar-refractivity contribution in [2.45, 2.75) is 67.4 Å². The molecule has 0 unspecified atom stereocenters. The van der Waals surface area contributed by atoms with Crippen molar-refractivity contribution in [2.24, 2.45) is 11.3 Å². The van der Waals surface area contributed by atoms with Crippen molar-refractivity contribution in [1.29, 1.82) is 0 Å². The first kappa shape index (κ1) is 33.7. The first-order chi connectivity index (χ1) is 22.3. The van der Waals surface area contributed by atoms with Crippen molar-refractivity contribution in [1.82, 2.24) is 4.98 Å². The van der Waals surface area contributed by atoms with E-state index in [1.54, 1.807) is 28.3 Å². The summed E-state index contributed by atoms with van der Waals surface area (Å²) in [4.78, 5) is 33.0. The third-order valence-corrected chi connectivity index (χ3v) is 9.43. The average molecular weight is 636 g/mol. The van der Waals surface area contributed by atoms with E-state index in [4.69, 9.17) is 23.9 Å². The standard InChI is InChI=1S/C40H45NO6/c1-22-15-24(3)30(16-23(22)2)37(42)25(4)47-39(43)35-29-13-11-12-14-32(29)41-36-27(20-28(21-31(35)36)40(5,6)7)17-26-18-33(44-8)38(46-10)34(19-26)45-9/h11-19,25,28H,20-21H2,1-10H3/b27-17-/t25-,28-/m1/s1. The lowest BCUT2D eigenvalue weighted by molar-refractivity contribution is 0.0318. The second kappa shape index (κ2) is 13.2. The molecule has 7 nitrogen and oxygen atoms in total. The molecule has 7 heteroatoms. The Kier molecular flexibility index (Phi) is 9.48. The van der Waals surface area contributed by atoms with Crippen LogP contribution in [-0.4, -0.2) is 44.2 Å². The normalized spacial score (nSPS) is 16.0. The zero-order chi connectivity index (χ0) is 34.2. The number of ketones is 1. The molecule has 0 saturated carbocycles. The van der Waals surface area contributed by atoms with Crippen molar-refractivity contribution >= 4 is 34.3 Å². The molecule has 0 N–H and O–H groups in total. The molecular weight excluding hydrogens is 590 g/mol. The van der Waals surface area contributed by atoms with Gasteiger partial charge in [0.15, 0.2) is 17.6 Å². The predicted octanol–water partition coefficient (Wildman–Crippen LogP) is 8.76. The molecule has 47 heavy (non-hydrogen) atoms. The number of para-hydroxylation sites is 1. The zero-order valence-corrected chi connectivity index (χ0v) is 29.2. The number of hydrogen-bond donors (Lipinski definition) is 0. The van der Waals surface area contributed by atoms with E-state index < -0.39 is 12.1 Å². The molecule has 1 aliphatic rings. The molecule has 2 atom stereocenters. The predicted molar refractivity (Wildman–Crippen MR) is 187 cm³/mol. The van der Waals surface area contributed by atoms with Gasteiger partial charge in [-0.25, -0.2) is 9.78 Å². The van der Waals surface area contributed by atoms with Gasteiger partial charge in [-0.05, 0) is 116 Å². The number of aryl methyl sites for hydroxylation is 3. The second-order valence-corrected chi connectivity index (χ2v) is 13.6. The maximum absolute atomic E-state index is 14.3. The Morgan fingerprint density at radius 2 is 1.51 bits per heavy atom. The SMILES string of the molecule is COc1cc(/C=C2/C[C@@H](C(C)(C)C)Cc3c2nc2ccccc2c3C(=O)O[C@H](C)C(=O)c2cc(C)c(C)cc2C)cc(OC)c1OC. The molecular formula is C40H45NO6. The van der Waals surface area contributed by atoms with Gasteiger partial charge in [-0.2, -0.15) is 0 Å². The summed E-state index contributed by atoms with van der Waals surface area (Å²) >= 11 is 0. The lowest BCUT2D eigenvalue weighted by Gasteiger charge is -2.37. The minimum Gasteiger partial charge on any atom is -0.493 e. The van der Waals surface area contributed by atoms with Crippen LogP contribution in [-0.2, 0) is 11.2 Å². The van der Waals surface area contributed by atoms with E-state index in [0.717, 1.165) is 45.5 Å². The van der Waals surface area contributed by atoms with E-state index in [1.807, 2.05) is 69.3 Å². The first-order valence-electron chi connectivity index (χ1n) is 16.0. The largest absolute Gasteiger partial charge is 0.493 e. The summed E-state index contributed by atoms with van der Waals surface area (Å²) in [6.45, 7) is 14.2. The van der Waals surface area contributed by atoms with Crippen LogP contribution in [0.4, 0.5) is 0 Å². The molecule has 0 spiro atoms. The van der Waals surface area contributed by atoms with E-state index in [1.165, 1.54) is 0 Å². The summed E-state index contributed by atoms with van der Waals surface area (Å²) in [5.41, 5.74) is 8.10. The van der Waals surface area contributed by atoms with E-state index in [-0.39, 0.29) is 17.1 Å². The van der Waals surface area contributed by atoms with Crippen LogP contribution in [0.1, 0.15) is 88.3 Å². The number of nitrogens with zero attached hydrogens (tertiary/aromatic N) is 1. The van der Waals surface area contributed by atoms with Gasteiger partial charge in [0.05, 0.1) is 38.1 Å². The molecule has 0 fully saturated rings. The molecule has 1 aromatic heterocycles. The number of carbonyl (C=O) groups is 2. The Labute approximate surface area is 277 Å². The number of benzene rings is 3. The quantitative estimate of drug-likeness (QED) is 0.141. The second-order valence-electron chi connectivity index (χ2n) is 13.6. The summed E-state index contributed by atoms with van der Waals surface area (Å²) < 4.78 is 22.8. The number of hydrogen-bond acceptors (Lipinski definition) is 7. The lowest BCUT2D eigenvalue weighted by Crippen LogP contribution is -2.30. The third-order valence-electron chi connectivity index (χ3n) is 9.43. The fourth-order valence-corrected chi connectivity index (χ4v) is 6.47. The molecule has 0 aliphatic heterocycles. The topological polar surface area (TPSA) is 84.0 Å². The van der Waals surface area contributed by atoms with Crippen molar-refractivity contribution in [2.75, 3.05) is 21.3 Å². The molecule has 0 bridgehead atoms. The number of rotatable bonds is 8. The monoisotopic (exact) mass is 635 g/mol. The van der Waals surface area contributed by atoms with Crippen LogP contribution < -0.4 is 14.2 Å². The number of ether oxygens (including phenoxy) is 4. The molecule has 246 valence electrons. The van der Waals surface area contributed by atoms with Crippen molar-refractivity contribution < 1.29 is 28.5 Å². The summed E-state index contributed by atoms with van der Waals surface area (Å²) in [5.74, 6) is 1.08. The summed E-state index contributed by atoms with van der Waals surface area (Å²) in [6.07, 6.45) is 2.52. The van der Waals surface area contributed by atoms with Crippen molar-refractivity contribution in [3.8, 4) is 17.2 Å². The molecule has 3 aromatic carbocycles. The minimum atomic E-state index is -0.970. The van der Waals surface area contributed by atoms with Crippen LogP contribution >= 0.6 is 0 Å². The van der Waals surface area contributed by atoms with Gasteiger partial charge in [0, 0.05) is 10.9 Å². The van der Waals surface area contributed by atoms with E-state index in [2.05, 4.69) is 26.8 Å². The van der Waals surface area contributed by atoms with Gasteiger partial charge in [0.25, 0.3) is 0 Å². The van der Waals surface area contributed by atoms with Crippen molar-refractivity contribution in [3.05, 3.63) is 93.2 Å². The zero-order valence-electron chi connectivity index (χ0n) is 29.2. The molecule has 0 radical (unpaired) electrons. The summed E-state index contributed by atoms with van der Waals surface area (Å²) in [6, 6.07) is 15.3. The van der Waals surface area contributed by atoms with Gasteiger partial charge in [-0.1, -0.05) is 45.0 Å². The molecule has 0 amide bonds. The van der Waals surface area contributed by atoms with E-state index >= 15 is 0 Å². The molecule has 1 heterocycles. The van der Waals surface area contributed by atoms with Gasteiger partial charge in [-0.15, -0.1) is 0 Å². The van der Waals surface area contributed by atoms with Crippen LogP contribution in [0.15, 0.2) is 48.5 Å². The highest BCUT2D eigenvalue weighted by atomic mass is 16.5. The van der Waals surface area contributed by atoms with Crippen LogP contribution in [0.2, 0.25) is 0 Å². The van der Waals surface area contributed by atoms with Gasteiger partial charge >= 0.3 is 5.97 Å². The van der Waals surface area contributed by atoms with Crippen LogP contribution in [0.25, 0.3) is 22.6 Å². The highest BCUT2D eigenvalue weighted by Gasteiger charge is 2.36. The van der Waals surface area contributed by atoms with Gasteiger partial charge in [-0.3, -0.25) is 4.79 Å². The number of methoxy groups -OCH3 is 3. The molecule has 1 aliphatic carbocycles. The van der Waals surface area contributed by atoms with Gasteiger partial charge < -0.3 is 18.9 Å². The summed E-state index contributed by atoms with van der Waals surface area (Å²) in [7, 11) is 4.77. The molecule has 0 saturated heterocycles. The van der Waals surface area contributed by atoms with Crippen LogP contribution in [0.5, 0.6) is 17.2 Å². The van der Waals surface area contributed by atoms with Crippen molar-refractivity contribution in [3.63, 3.8) is 0 Å². The number of aromatic nitrogens is 1. The Bertz CT molecular complexity index is 1870. The number of Topliss-reactive ketones (excluding diaryl/α,β-unsaturated/α-hetero) is 1. The Morgan fingerprint density at radius 3 is 2.13 bits per heavy atom. The Hall–Kier alpha value is -4.65. The van der Waals surface area contributed by atoms with Crippen LogP contribution in [0.3, 0.4) is 0 Å². The Balaban J connectivity index is 1.65. The maximum Gasteiger partial charge on any atom is 0.339 e. The number of carbonyl (C=O) groups excluding carboxylic acids is 2. The van der Waals surface area contributed by atoms with E-state index in [0.29, 0.717) is 45.7 Å². The molecule has 5 rings (SSSR count). The lowest BCUT2D eigenvalue weighted by atomic mass is 9.69. The fourth-order valence-electron chi connectivity index (χ4n) is 6.47. The van der Waals surface area contributed by atoms with Gasteiger partial charge in [0.2, 0.25) is 11.5 Å². The summed E-state index contributed by atoms with van der Waals surface area (Å²) in [5, 5.41) is 0.708. The highest BCUT2D eigenvalue weighted by Crippen LogP contribution is 2.46. The number of pyridine rings is 1. The van der Waals surface area contributed by atoms with Crippen LogP contribution in [0, 0.1) is 32.1 Å². The smallest absolute Gasteiger partial charge is 0.339 e. The van der Waals surface area contributed by atoms with Gasteiger partial charge in [0.1, 0.15) is 0 Å². The minimum absolute atomic E-state index is 0.0665. The molecule has 4 aromatic rings. The first-order valence-corrected chi connectivity index (χ1v) is 16.0. The number of esters is 1.